The van der Waals surface area contributed by atoms with Gasteiger partial charge in [-0.15, -0.1) is 11.3 Å². The van der Waals surface area contributed by atoms with Crippen LogP contribution >= 0.6 is 11.3 Å². The van der Waals surface area contributed by atoms with E-state index in [2.05, 4.69) is 52.0 Å². The van der Waals surface area contributed by atoms with Crippen molar-refractivity contribution in [2.45, 2.75) is 25.4 Å². The second-order valence-electron chi connectivity index (χ2n) is 7.02. The van der Waals surface area contributed by atoms with E-state index in [1.165, 1.54) is 23.3 Å². The van der Waals surface area contributed by atoms with Crippen LogP contribution in [0.1, 0.15) is 29.3 Å². The molecule has 2 aromatic rings. The molecule has 2 heterocycles. The molecule has 25 heavy (non-hydrogen) atoms. The Morgan fingerprint density at radius 2 is 1.84 bits per heavy atom. The molecule has 1 atom stereocenters. The van der Waals surface area contributed by atoms with Gasteiger partial charge in [-0.1, -0.05) is 36.4 Å². The molecule has 4 nitrogen and oxygen atoms in total. The van der Waals surface area contributed by atoms with Crippen LogP contribution in [0.4, 0.5) is 4.79 Å². The van der Waals surface area contributed by atoms with Crippen LogP contribution in [0.25, 0.3) is 0 Å². The number of piperazine rings is 1. The third-order valence-electron chi connectivity index (χ3n) is 5.15. The average molecular weight is 356 g/mol. The largest absolute Gasteiger partial charge is 0.331 e. The molecule has 1 aliphatic carbocycles. The van der Waals surface area contributed by atoms with Crippen molar-refractivity contribution >= 4 is 17.4 Å². The number of amides is 2. The molecule has 0 bridgehead atoms. The van der Waals surface area contributed by atoms with Gasteiger partial charge >= 0.3 is 6.03 Å². The van der Waals surface area contributed by atoms with Crippen LogP contribution < -0.4 is 5.32 Å². The number of nitrogens with one attached hydrogen (secondary N) is 1. The Kier molecular flexibility index (Phi) is 5.04. The summed E-state index contributed by atoms with van der Waals surface area (Å²) in [5.41, 5.74) is 1.23. The number of thiophene rings is 1. The van der Waals surface area contributed by atoms with Crippen LogP contribution in [-0.4, -0.2) is 42.0 Å². The minimum atomic E-state index is 0.0940. The van der Waals surface area contributed by atoms with Crippen molar-refractivity contribution in [1.82, 2.24) is 15.1 Å². The van der Waals surface area contributed by atoms with Crippen LogP contribution in [0.2, 0.25) is 0 Å². The number of hydrogen-bond donors (Lipinski definition) is 1. The van der Waals surface area contributed by atoms with Crippen molar-refractivity contribution in [3.63, 3.8) is 0 Å². The SMILES string of the molecule is O=C(NC(c1ccccc1)C1CC1)N1CCN(Cc2cccs2)CC1. The van der Waals surface area contributed by atoms with Crippen LogP contribution in [0, 0.1) is 5.92 Å². The van der Waals surface area contributed by atoms with Gasteiger partial charge in [0, 0.05) is 37.6 Å². The summed E-state index contributed by atoms with van der Waals surface area (Å²) in [6.45, 7) is 4.52. The summed E-state index contributed by atoms with van der Waals surface area (Å²) < 4.78 is 0. The molecular weight excluding hydrogens is 330 g/mol. The second-order valence-corrected chi connectivity index (χ2v) is 8.05. The van der Waals surface area contributed by atoms with Crippen molar-refractivity contribution in [3.8, 4) is 0 Å². The molecule has 1 aromatic carbocycles. The van der Waals surface area contributed by atoms with Gasteiger partial charge in [0.15, 0.2) is 0 Å². The summed E-state index contributed by atoms with van der Waals surface area (Å²) >= 11 is 1.81. The van der Waals surface area contributed by atoms with Gasteiger partial charge in [-0.3, -0.25) is 4.90 Å². The summed E-state index contributed by atoms with van der Waals surface area (Å²) in [6, 6.07) is 14.9. The molecule has 2 fully saturated rings. The Balaban J connectivity index is 1.31. The normalized spacial score (nSPS) is 19.6. The maximum absolute atomic E-state index is 12.7. The molecule has 1 N–H and O–H groups in total. The van der Waals surface area contributed by atoms with Gasteiger partial charge in [-0.2, -0.15) is 0 Å². The molecule has 1 saturated carbocycles. The van der Waals surface area contributed by atoms with Crippen LogP contribution in [0.15, 0.2) is 47.8 Å². The monoisotopic (exact) mass is 355 g/mol. The highest BCUT2D eigenvalue weighted by atomic mass is 32.1. The fraction of sp³-hybridized carbons (Fsp3) is 0.450. The summed E-state index contributed by atoms with van der Waals surface area (Å²) in [7, 11) is 0. The highest BCUT2D eigenvalue weighted by Crippen LogP contribution is 2.41. The van der Waals surface area contributed by atoms with Crippen molar-refractivity contribution in [3.05, 3.63) is 58.3 Å². The van der Waals surface area contributed by atoms with E-state index in [0.29, 0.717) is 5.92 Å². The predicted octanol–water partition coefficient (Wildman–Crippen LogP) is 3.73. The number of urea groups is 1. The van der Waals surface area contributed by atoms with Crippen LogP contribution in [0.3, 0.4) is 0 Å². The lowest BCUT2D eigenvalue weighted by molar-refractivity contribution is 0.133. The van der Waals surface area contributed by atoms with Gasteiger partial charge in [0.1, 0.15) is 0 Å². The Morgan fingerprint density at radius 1 is 1.08 bits per heavy atom. The maximum Gasteiger partial charge on any atom is 0.317 e. The average Bonchev–Trinajstić information content (AvgIpc) is 3.37. The Bertz CT molecular complexity index is 676. The number of benzene rings is 1. The van der Waals surface area contributed by atoms with Crippen LogP contribution in [0.5, 0.6) is 0 Å². The van der Waals surface area contributed by atoms with Gasteiger partial charge < -0.3 is 10.2 Å². The Labute approximate surface area is 153 Å². The van der Waals surface area contributed by atoms with E-state index < -0.39 is 0 Å². The summed E-state index contributed by atoms with van der Waals surface area (Å²) in [4.78, 5) is 18.5. The molecule has 1 unspecified atom stereocenters. The molecular formula is C20H25N3OS. The van der Waals surface area contributed by atoms with Crippen molar-refractivity contribution in [2.24, 2.45) is 5.92 Å². The summed E-state index contributed by atoms with van der Waals surface area (Å²) in [5.74, 6) is 0.603. The van der Waals surface area contributed by atoms with E-state index in [-0.39, 0.29) is 12.1 Å². The number of rotatable bonds is 5. The lowest BCUT2D eigenvalue weighted by Crippen LogP contribution is -2.52. The zero-order valence-corrected chi connectivity index (χ0v) is 15.3. The smallest absolute Gasteiger partial charge is 0.317 e. The maximum atomic E-state index is 12.7. The van der Waals surface area contributed by atoms with E-state index in [1.54, 1.807) is 11.3 Å². The van der Waals surface area contributed by atoms with E-state index in [1.807, 2.05) is 11.0 Å². The highest BCUT2D eigenvalue weighted by molar-refractivity contribution is 7.09. The fourth-order valence-corrected chi connectivity index (χ4v) is 4.27. The van der Waals surface area contributed by atoms with Gasteiger partial charge in [0.25, 0.3) is 0 Å². The minimum Gasteiger partial charge on any atom is -0.331 e. The lowest BCUT2D eigenvalue weighted by atomic mass is 10.0. The topological polar surface area (TPSA) is 35.6 Å². The van der Waals surface area contributed by atoms with E-state index in [9.17, 15) is 4.79 Å². The molecule has 1 saturated heterocycles. The Morgan fingerprint density at radius 3 is 2.48 bits per heavy atom. The molecule has 5 heteroatoms. The summed E-state index contributed by atoms with van der Waals surface area (Å²) in [6.07, 6.45) is 2.43. The molecule has 1 aliphatic heterocycles. The number of carbonyl (C=O) groups excluding carboxylic acids is 1. The molecule has 4 rings (SSSR count). The van der Waals surface area contributed by atoms with Crippen LogP contribution in [-0.2, 0) is 6.54 Å². The molecule has 132 valence electrons. The molecule has 1 aromatic heterocycles. The number of hydrogen-bond acceptors (Lipinski definition) is 3. The highest BCUT2D eigenvalue weighted by Gasteiger charge is 2.34. The van der Waals surface area contributed by atoms with Crippen molar-refractivity contribution in [1.29, 1.82) is 0 Å². The zero-order valence-electron chi connectivity index (χ0n) is 14.4. The van der Waals surface area contributed by atoms with Gasteiger partial charge in [-0.05, 0) is 35.8 Å². The van der Waals surface area contributed by atoms with Gasteiger partial charge in [0.05, 0.1) is 6.04 Å². The third-order valence-corrected chi connectivity index (χ3v) is 6.01. The lowest BCUT2D eigenvalue weighted by Gasteiger charge is -2.35. The first-order valence-electron chi connectivity index (χ1n) is 9.15. The molecule has 0 spiro atoms. The first kappa shape index (κ1) is 16.6. The van der Waals surface area contributed by atoms with E-state index >= 15 is 0 Å². The van der Waals surface area contributed by atoms with E-state index in [4.69, 9.17) is 0 Å². The van der Waals surface area contributed by atoms with E-state index in [0.717, 1.165) is 32.7 Å². The Hall–Kier alpha value is -1.85. The standard InChI is InChI=1S/C20H25N3OS/c24-20(21-19(17-8-9-17)16-5-2-1-3-6-16)23-12-10-22(11-13-23)15-18-7-4-14-25-18/h1-7,14,17,19H,8-13,15H2,(H,21,24). The molecule has 2 aliphatic rings. The van der Waals surface area contributed by atoms with Gasteiger partial charge in [-0.25, -0.2) is 4.79 Å². The van der Waals surface area contributed by atoms with Crippen molar-refractivity contribution < 1.29 is 4.79 Å². The molecule has 2 amide bonds. The third kappa shape index (κ3) is 4.22. The predicted molar refractivity (Wildman–Crippen MR) is 102 cm³/mol. The zero-order chi connectivity index (χ0) is 17.1. The number of carbonyl (C=O) groups is 1. The quantitative estimate of drug-likeness (QED) is 0.887. The first-order valence-corrected chi connectivity index (χ1v) is 10.0. The second kappa shape index (κ2) is 7.58. The molecule has 0 radical (unpaired) electrons. The number of nitrogens with zero attached hydrogens (tertiary/aromatic N) is 2. The first-order chi connectivity index (χ1) is 12.3. The van der Waals surface area contributed by atoms with Crippen molar-refractivity contribution in [2.75, 3.05) is 26.2 Å². The summed E-state index contributed by atoms with van der Waals surface area (Å²) in [5, 5.41) is 5.42. The van der Waals surface area contributed by atoms with Gasteiger partial charge in [0.2, 0.25) is 0 Å². The fourth-order valence-electron chi connectivity index (χ4n) is 3.52. The minimum absolute atomic E-state index is 0.0940.